The number of amides is 2. The number of anilines is 1. The number of likely N-dealkylation sites (tertiary alicyclic amines) is 1. The van der Waals surface area contributed by atoms with Gasteiger partial charge < -0.3 is 20.6 Å². The summed E-state index contributed by atoms with van der Waals surface area (Å²) in [7, 11) is 0. The zero-order valence-corrected chi connectivity index (χ0v) is 21.0. The summed E-state index contributed by atoms with van der Waals surface area (Å²) in [6, 6.07) is 1.55. The topological polar surface area (TPSA) is 107 Å². The number of carbonyl (C=O) groups excluding carboxylic acids is 2. The van der Waals surface area contributed by atoms with Crippen LogP contribution >= 0.6 is 11.3 Å². The zero-order valence-electron chi connectivity index (χ0n) is 20.2. The largest absolute Gasteiger partial charge is 0.388 e. The molecule has 3 heterocycles. The van der Waals surface area contributed by atoms with Gasteiger partial charge >= 0.3 is 0 Å². The number of hydrogen-bond donors (Lipinski definition) is 3. The van der Waals surface area contributed by atoms with Gasteiger partial charge in [-0.2, -0.15) is 0 Å². The van der Waals surface area contributed by atoms with E-state index in [4.69, 9.17) is 0 Å². The number of rotatable bonds is 8. The van der Waals surface area contributed by atoms with Crippen LogP contribution in [0.5, 0.6) is 0 Å². The lowest BCUT2D eigenvalue weighted by atomic mass is 10.1. The second kappa shape index (κ2) is 10.0. The third-order valence-corrected chi connectivity index (χ3v) is 8.45. The number of halogens is 2. The first-order valence-corrected chi connectivity index (χ1v) is 13.4. The van der Waals surface area contributed by atoms with Crippen LogP contribution in [0.25, 0.3) is 10.4 Å². The molecule has 3 aliphatic rings. The van der Waals surface area contributed by atoms with Gasteiger partial charge in [0, 0.05) is 42.5 Å². The maximum absolute atomic E-state index is 14.3. The van der Waals surface area contributed by atoms with Gasteiger partial charge in [-0.1, -0.05) is 12.8 Å². The van der Waals surface area contributed by atoms with E-state index in [9.17, 15) is 23.5 Å². The van der Waals surface area contributed by atoms with Crippen molar-refractivity contribution in [2.24, 2.45) is 0 Å². The first-order chi connectivity index (χ1) is 17.2. The van der Waals surface area contributed by atoms with Gasteiger partial charge in [0.1, 0.15) is 11.5 Å². The Morgan fingerprint density at radius 3 is 2.64 bits per heavy atom. The molecule has 2 aromatic rings. The highest BCUT2D eigenvalue weighted by molar-refractivity contribution is 7.17. The van der Waals surface area contributed by atoms with Crippen molar-refractivity contribution >= 4 is 29.0 Å². The maximum Gasteiger partial charge on any atom is 0.280 e. The predicted octanol–water partition coefficient (Wildman–Crippen LogP) is 4.38. The third-order valence-electron chi connectivity index (χ3n) is 7.37. The summed E-state index contributed by atoms with van der Waals surface area (Å²) >= 11 is 0.904. The fourth-order valence-corrected chi connectivity index (χ4v) is 5.96. The van der Waals surface area contributed by atoms with Crippen molar-refractivity contribution < 1.29 is 23.5 Å². The Hall–Kier alpha value is -2.66. The maximum atomic E-state index is 14.3. The van der Waals surface area contributed by atoms with Crippen LogP contribution in [-0.4, -0.2) is 62.6 Å². The number of carbonyl (C=O) groups is 2. The molecule has 8 nitrogen and oxygen atoms in total. The molecule has 0 bridgehead atoms. The second-order valence-corrected chi connectivity index (χ2v) is 11.2. The standard InChI is InChI=1S/C25H31F2N5O3S/c1-14-5-4-10-32(14)24(34)19-20(36-23(31-19)22(33)29-13-25(35)8-9-25)17-12-28-18(11-16(17)21(26)27)30-15-6-2-3-7-15/h11-12,14-15,21,35H,2-10,13H2,1H3,(H,28,30)(H,29,33). The first-order valence-electron chi connectivity index (χ1n) is 12.6. The molecule has 1 aliphatic heterocycles. The molecule has 11 heteroatoms. The Labute approximate surface area is 212 Å². The quantitative estimate of drug-likeness (QED) is 0.478. The summed E-state index contributed by atoms with van der Waals surface area (Å²) in [5, 5.41) is 16.0. The molecule has 2 aliphatic carbocycles. The minimum Gasteiger partial charge on any atom is -0.388 e. The minimum atomic E-state index is -2.80. The Kier molecular flexibility index (Phi) is 6.95. The lowest BCUT2D eigenvalue weighted by Gasteiger charge is -2.21. The molecule has 2 saturated carbocycles. The lowest BCUT2D eigenvalue weighted by Crippen LogP contribution is -2.35. The van der Waals surface area contributed by atoms with Crippen LogP contribution in [0.15, 0.2) is 12.3 Å². The monoisotopic (exact) mass is 519 g/mol. The molecule has 0 aromatic carbocycles. The molecule has 2 amide bonds. The van der Waals surface area contributed by atoms with E-state index in [0.29, 0.717) is 25.2 Å². The Bertz CT molecular complexity index is 1150. The van der Waals surface area contributed by atoms with Gasteiger partial charge in [0.25, 0.3) is 18.2 Å². The summed E-state index contributed by atoms with van der Waals surface area (Å²) in [5.74, 6) is -0.539. The summed E-state index contributed by atoms with van der Waals surface area (Å²) < 4.78 is 28.5. The summed E-state index contributed by atoms with van der Waals surface area (Å²) in [4.78, 5) is 36.9. The molecule has 1 unspecified atom stereocenters. The van der Waals surface area contributed by atoms with Crippen LogP contribution in [0.2, 0.25) is 0 Å². The summed E-state index contributed by atoms with van der Waals surface area (Å²) in [5.41, 5.74) is -1.05. The van der Waals surface area contributed by atoms with E-state index >= 15 is 0 Å². The molecular weight excluding hydrogens is 488 g/mol. The highest BCUT2D eigenvalue weighted by Crippen LogP contribution is 2.39. The van der Waals surface area contributed by atoms with Crippen molar-refractivity contribution in [3.05, 3.63) is 28.5 Å². The highest BCUT2D eigenvalue weighted by Gasteiger charge is 2.41. The minimum absolute atomic E-state index is 0.000813. The van der Waals surface area contributed by atoms with Crippen LogP contribution in [0.1, 0.15) is 90.6 Å². The van der Waals surface area contributed by atoms with Crippen LogP contribution in [0.3, 0.4) is 0 Å². The van der Waals surface area contributed by atoms with Gasteiger partial charge in [0.15, 0.2) is 5.01 Å². The average Bonchev–Trinajstić information content (AvgIpc) is 3.29. The normalized spacial score (nSPS) is 21.2. The molecule has 3 fully saturated rings. The van der Waals surface area contributed by atoms with Gasteiger partial charge in [0.05, 0.1) is 10.5 Å². The molecule has 1 atom stereocenters. The van der Waals surface area contributed by atoms with Crippen LogP contribution in [0.4, 0.5) is 14.6 Å². The van der Waals surface area contributed by atoms with Crippen LogP contribution < -0.4 is 10.6 Å². The summed E-state index contributed by atoms with van der Waals surface area (Å²) in [6.45, 7) is 2.57. The van der Waals surface area contributed by atoms with Crippen molar-refractivity contribution in [2.45, 2.75) is 82.4 Å². The molecule has 0 radical (unpaired) electrons. The third kappa shape index (κ3) is 5.22. The molecule has 36 heavy (non-hydrogen) atoms. The van der Waals surface area contributed by atoms with Gasteiger partial charge in [-0.3, -0.25) is 9.59 Å². The van der Waals surface area contributed by atoms with Crippen molar-refractivity contribution in [1.82, 2.24) is 20.2 Å². The van der Waals surface area contributed by atoms with Crippen LogP contribution in [-0.2, 0) is 0 Å². The number of thiazole rings is 1. The number of aliphatic hydroxyl groups is 1. The molecule has 0 spiro atoms. The first kappa shape index (κ1) is 25.0. The Morgan fingerprint density at radius 2 is 2.00 bits per heavy atom. The van der Waals surface area contributed by atoms with Gasteiger partial charge in [0.2, 0.25) is 0 Å². The smallest absolute Gasteiger partial charge is 0.280 e. The van der Waals surface area contributed by atoms with Gasteiger partial charge in [-0.15, -0.1) is 11.3 Å². The number of alkyl halides is 2. The zero-order chi connectivity index (χ0) is 25.4. The Balaban J connectivity index is 1.50. The number of nitrogens with zero attached hydrogens (tertiary/aromatic N) is 3. The summed E-state index contributed by atoms with van der Waals surface area (Å²) in [6.07, 6.45) is 5.61. The molecule has 1 saturated heterocycles. The number of pyridine rings is 1. The van der Waals surface area contributed by atoms with E-state index in [-0.39, 0.29) is 51.2 Å². The van der Waals surface area contributed by atoms with E-state index in [1.54, 1.807) is 4.90 Å². The van der Waals surface area contributed by atoms with E-state index in [1.807, 2.05) is 6.92 Å². The van der Waals surface area contributed by atoms with Crippen molar-refractivity contribution in [3.63, 3.8) is 0 Å². The fraction of sp³-hybridized carbons (Fsp3) is 0.600. The number of aromatic nitrogens is 2. The van der Waals surface area contributed by atoms with Crippen molar-refractivity contribution in [1.29, 1.82) is 0 Å². The molecule has 3 N–H and O–H groups in total. The molecular formula is C25H31F2N5O3S. The van der Waals surface area contributed by atoms with E-state index in [0.717, 1.165) is 49.9 Å². The fourth-order valence-electron chi connectivity index (χ4n) is 4.96. The highest BCUT2D eigenvalue weighted by atomic mass is 32.1. The number of nitrogens with one attached hydrogen (secondary N) is 2. The Morgan fingerprint density at radius 1 is 1.25 bits per heavy atom. The van der Waals surface area contributed by atoms with Gasteiger partial charge in [-0.25, -0.2) is 18.7 Å². The molecule has 194 valence electrons. The van der Waals surface area contributed by atoms with E-state index in [1.165, 1.54) is 12.3 Å². The van der Waals surface area contributed by atoms with Crippen molar-refractivity contribution in [2.75, 3.05) is 18.4 Å². The van der Waals surface area contributed by atoms with Crippen molar-refractivity contribution in [3.8, 4) is 10.4 Å². The molecule has 5 rings (SSSR count). The molecule has 2 aromatic heterocycles. The SMILES string of the molecule is CC1CCCN1C(=O)c1nc(C(=O)NCC2(O)CC2)sc1-c1cnc(NC2CCCC2)cc1C(F)F. The van der Waals surface area contributed by atoms with E-state index in [2.05, 4.69) is 20.6 Å². The van der Waals surface area contributed by atoms with Gasteiger partial charge in [-0.05, 0) is 51.5 Å². The average molecular weight is 520 g/mol. The van der Waals surface area contributed by atoms with E-state index < -0.39 is 17.9 Å². The predicted molar refractivity (Wildman–Crippen MR) is 132 cm³/mol. The number of hydrogen-bond acceptors (Lipinski definition) is 7. The lowest BCUT2D eigenvalue weighted by molar-refractivity contribution is 0.0742. The van der Waals surface area contributed by atoms with Crippen LogP contribution in [0, 0.1) is 0 Å². The second-order valence-electron chi connectivity index (χ2n) is 10.2.